The van der Waals surface area contributed by atoms with E-state index in [2.05, 4.69) is 5.32 Å². The molecule has 0 aliphatic carbocycles. The van der Waals surface area contributed by atoms with Crippen molar-refractivity contribution in [1.29, 1.82) is 0 Å². The summed E-state index contributed by atoms with van der Waals surface area (Å²) in [5.41, 5.74) is 1.54. The van der Waals surface area contributed by atoms with Gasteiger partial charge in [0.25, 0.3) is 0 Å². The number of amides is 1. The van der Waals surface area contributed by atoms with Gasteiger partial charge in [-0.3, -0.25) is 4.79 Å². The number of rotatable bonds is 3. The van der Waals surface area contributed by atoms with Crippen LogP contribution in [0, 0.1) is 0 Å². The Kier molecular flexibility index (Phi) is 3.88. The van der Waals surface area contributed by atoms with Crippen LogP contribution in [0.3, 0.4) is 0 Å². The van der Waals surface area contributed by atoms with Crippen molar-refractivity contribution in [3.05, 3.63) is 41.5 Å². The molecular formula is C11H13NO2. The first-order chi connectivity index (χ1) is 6.74. The van der Waals surface area contributed by atoms with Crippen molar-refractivity contribution in [3.63, 3.8) is 0 Å². The largest absolute Gasteiger partial charge is 0.376 e. The molecule has 1 aromatic rings. The van der Waals surface area contributed by atoms with Gasteiger partial charge in [-0.25, -0.2) is 0 Å². The minimum atomic E-state index is -0.335. The van der Waals surface area contributed by atoms with Gasteiger partial charge in [-0.1, -0.05) is 30.3 Å². The third kappa shape index (κ3) is 3.03. The lowest BCUT2D eigenvalue weighted by molar-refractivity contribution is -0.118. The van der Waals surface area contributed by atoms with E-state index >= 15 is 0 Å². The van der Waals surface area contributed by atoms with Gasteiger partial charge >= 0.3 is 0 Å². The fourth-order valence-corrected chi connectivity index (χ4v) is 1.08. The normalized spacial score (nSPS) is 11.1. The van der Waals surface area contributed by atoms with Crippen LogP contribution in [0.25, 0.3) is 6.08 Å². The minimum Gasteiger partial charge on any atom is -0.376 e. The van der Waals surface area contributed by atoms with E-state index < -0.39 is 0 Å². The highest BCUT2D eigenvalue weighted by Gasteiger charge is 2.01. The molecule has 0 unspecified atom stereocenters. The molecule has 2 N–H and O–H groups in total. The molecule has 0 radical (unpaired) electrons. The van der Waals surface area contributed by atoms with Crippen molar-refractivity contribution < 1.29 is 9.90 Å². The molecule has 1 amide bonds. The minimum absolute atomic E-state index is 0.253. The van der Waals surface area contributed by atoms with Gasteiger partial charge < -0.3 is 10.4 Å². The molecule has 74 valence electrons. The first-order valence-electron chi connectivity index (χ1n) is 4.36. The molecule has 0 saturated heterocycles. The summed E-state index contributed by atoms with van der Waals surface area (Å²) in [6, 6.07) is 9.55. The lowest BCUT2D eigenvalue weighted by Crippen LogP contribution is -2.24. The van der Waals surface area contributed by atoms with E-state index in [1.54, 1.807) is 13.0 Å². The second-order valence-corrected chi connectivity index (χ2v) is 2.90. The molecule has 1 rings (SSSR count). The fraction of sp³-hybridized carbons (Fsp3) is 0.182. The summed E-state index contributed by atoms with van der Waals surface area (Å²) in [6.07, 6.45) is 1.77. The monoisotopic (exact) mass is 191 g/mol. The third-order valence-corrected chi connectivity index (χ3v) is 1.78. The summed E-state index contributed by atoms with van der Waals surface area (Å²) in [6.45, 7) is 1.37. The summed E-state index contributed by atoms with van der Waals surface area (Å²) in [4.78, 5) is 11.2. The molecule has 0 bridgehead atoms. The first-order valence-corrected chi connectivity index (χ1v) is 4.36. The summed E-state index contributed by atoms with van der Waals surface area (Å²) in [7, 11) is 0. The summed E-state index contributed by atoms with van der Waals surface area (Å²) >= 11 is 0. The average Bonchev–Trinajstić information content (AvgIpc) is 2.19. The fourth-order valence-electron chi connectivity index (χ4n) is 1.08. The lowest BCUT2D eigenvalue weighted by atomic mass is 10.1. The van der Waals surface area contributed by atoms with Gasteiger partial charge in [0.1, 0.15) is 6.73 Å². The Labute approximate surface area is 83.1 Å². The third-order valence-electron chi connectivity index (χ3n) is 1.78. The Balaban J connectivity index is 2.74. The Morgan fingerprint density at radius 1 is 1.43 bits per heavy atom. The number of nitrogens with one attached hydrogen (secondary N) is 1. The van der Waals surface area contributed by atoms with Gasteiger partial charge in [0.15, 0.2) is 0 Å². The van der Waals surface area contributed by atoms with E-state index in [4.69, 9.17) is 5.11 Å². The number of hydrogen-bond acceptors (Lipinski definition) is 2. The topological polar surface area (TPSA) is 49.3 Å². The Bertz CT molecular complexity index is 330. The summed E-state index contributed by atoms with van der Waals surface area (Å²) in [5.74, 6) is -0.253. The Hall–Kier alpha value is -1.61. The van der Waals surface area contributed by atoms with Crippen LogP contribution in [0.15, 0.2) is 35.9 Å². The number of carbonyl (C=O) groups is 1. The van der Waals surface area contributed by atoms with Gasteiger partial charge in [-0.2, -0.15) is 0 Å². The highest BCUT2D eigenvalue weighted by atomic mass is 16.3. The first kappa shape index (κ1) is 10.5. The van der Waals surface area contributed by atoms with Crippen molar-refractivity contribution in [2.75, 3.05) is 6.73 Å². The number of aliphatic hydroxyl groups is 1. The maximum absolute atomic E-state index is 11.2. The van der Waals surface area contributed by atoms with Crippen LogP contribution in [-0.2, 0) is 4.79 Å². The van der Waals surface area contributed by atoms with Gasteiger partial charge in [0.05, 0.1) is 0 Å². The molecular weight excluding hydrogens is 178 g/mol. The van der Waals surface area contributed by atoms with E-state index in [1.807, 2.05) is 30.3 Å². The molecule has 0 aromatic heterocycles. The predicted molar refractivity (Wildman–Crippen MR) is 55.3 cm³/mol. The molecule has 0 atom stereocenters. The van der Waals surface area contributed by atoms with Crippen LogP contribution < -0.4 is 5.32 Å². The summed E-state index contributed by atoms with van der Waals surface area (Å²) in [5, 5.41) is 10.8. The molecule has 3 nitrogen and oxygen atoms in total. The van der Waals surface area contributed by atoms with Crippen molar-refractivity contribution >= 4 is 12.0 Å². The van der Waals surface area contributed by atoms with E-state index in [0.29, 0.717) is 5.57 Å². The highest BCUT2D eigenvalue weighted by molar-refractivity contribution is 5.97. The van der Waals surface area contributed by atoms with Crippen molar-refractivity contribution in [3.8, 4) is 0 Å². The number of aliphatic hydroxyl groups excluding tert-OH is 1. The number of hydrogen-bond donors (Lipinski definition) is 2. The maximum atomic E-state index is 11.2. The summed E-state index contributed by atoms with van der Waals surface area (Å²) < 4.78 is 0. The average molecular weight is 191 g/mol. The number of carbonyl (C=O) groups excluding carboxylic acids is 1. The molecule has 1 aromatic carbocycles. The number of benzene rings is 1. The van der Waals surface area contributed by atoms with Crippen molar-refractivity contribution in [2.24, 2.45) is 0 Å². The van der Waals surface area contributed by atoms with E-state index in [1.165, 1.54) is 0 Å². The van der Waals surface area contributed by atoms with E-state index in [0.717, 1.165) is 5.56 Å². The zero-order chi connectivity index (χ0) is 10.4. The standard InChI is InChI=1S/C11H13NO2/c1-9(11(14)12-8-13)7-10-5-3-2-4-6-10/h2-7,13H,8H2,1H3,(H,12,14). The maximum Gasteiger partial charge on any atom is 0.248 e. The van der Waals surface area contributed by atoms with Crippen LogP contribution >= 0.6 is 0 Å². The van der Waals surface area contributed by atoms with Gasteiger partial charge in [-0.05, 0) is 18.6 Å². The quantitative estimate of drug-likeness (QED) is 0.556. The second kappa shape index (κ2) is 5.19. The van der Waals surface area contributed by atoms with Gasteiger partial charge in [0.2, 0.25) is 5.91 Å². The van der Waals surface area contributed by atoms with Crippen LogP contribution in [0.1, 0.15) is 12.5 Å². The van der Waals surface area contributed by atoms with Crippen LogP contribution in [-0.4, -0.2) is 17.7 Å². The lowest BCUT2D eigenvalue weighted by Gasteiger charge is -2.01. The van der Waals surface area contributed by atoms with E-state index in [-0.39, 0.29) is 12.6 Å². The SMILES string of the molecule is CC(=Cc1ccccc1)C(=O)NCO. The van der Waals surface area contributed by atoms with Gasteiger partial charge in [0, 0.05) is 5.57 Å². The van der Waals surface area contributed by atoms with E-state index in [9.17, 15) is 4.79 Å². The van der Waals surface area contributed by atoms with Crippen molar-refractivity contribution in [2.45, 2.75) is 6.92 Å². The van der Waals surface area contributed by atoms with Crippen molar-refractivity contribution in [1.82, 2.24) is 5.32 Å². The van der Waals surface area contributed by atoms with Crippen LogP contribution in [0.5, 0.6) is 0 Å². The molecule has 0 aliphatic rings. The zero-order valence-corrected chi connectivity index (χ0v) is 8.03. The molecule has 0 fully saturated rings. The second-order valence-electron chi connectivity index (χ2n) is 2.90. The smallest absolute Gasteiger partial charge is 0.248 e. The molecule has 0 spiro atoms. The Morgan fingerprint density at radius 2 is 2.07 bits per heavy atom. The Morgan fingerprint density at radius 3 is 2.64 bits per heavy atom. The molecule has 0 aliphatic heterocycles. The predicted octanol–water partition coefficient (Wildman–Crippen LogP) is 1.16. The van der Waals surface area contributed by atoms with Crippen LogP contribution in [0.2, 0.25) is 0 Å². The molecule has 3 heteroatoms. The molecule has 0 heterocycles. The molecule has 14 heavy (non-hydrogen) atoms. The van der Waals surface area contributed by atoms with Crippen LogP contribution in [0.4, 0.5) is 0 Å². The highest BCUT2D eigenvalue weighted by Crippen LogP contribution is 2.05. The van der Waals surface area contributed by atoms with Gasteiger partial charge in [-0.15, -0.1) is 0 Å². The zero-order valence-electron chi connectivity index (χ0n) is 8.03. The molecule has 0 saturated carbocycles.